The monoisotopic (exact) mass is 333 g/mol. The molecule has 1 aromatic heterocycles. The lowest BCUT2D eigenvalue weighted by Gasteiger charge is -2.13. The number of ether oxygens (including phenoxy) is 1. The van der Waals surface area contributed by atoms with Crippen LogP contribution < -0.4 is 14.8 Å². The molecule has 0 spiro atoms. The molecular weight excluding hydrogens is 314 g/mol. The smallest absolute Gasteiger partial charge is 0.341 e. The van der Waals surface area contributed by atoms with Crippen molar-refractivity contribution in [3.05, 3.63) is 16.0 Å². The Balaban J connectivity index is 2.39. The lowest BCUT2D eigenvalue weighted by molar-refractivity contribution is 0.0601. The number of hydrogen-bond donors (Lipinski definition) is 3. The first-order valence-corrected chi connectivity index (χ1v) is 8.87. The summed E-state index contributed by atoms with van der Waals surface area (Å²) < 4.78 is 33.7. The molecule has 0 fully saturated rings. The average molecular weight is 333 g/mol. The fourth-order valence-electron chi connectivity index (χ4n) is 2.19. The molecule has 3 N–H and O–H groups in total. The van der Waals surface area contributed by atoms with Crippen molar-refractivity contribution in [3.8, 4) is 0 Å². The van der Waals surface area contributed by atoms with Gasteiger partial charge in [-0.2, -0.15) is 13.1 Å². The van der Waals surface area contributed by atoms with Gasteiger partial charge >= 0.3 is 5.97 Å². The zero-order valence-corrected chi connectivity index (χ0v) is 13.8. The Morgan fingerprint density at radius 1 is 1.43 bits per heavy atom. The zero-order chi connectivity index (χ0) is 15.6. The Morgan fingerprint density at radius 2 is 2.14 bits per heavy atom. The largest absolute Gasteiger partial charge is 0.465 e. The minimum absolute atomic E-state index is 0.236. The van der Waals surface area contributed by atoms with E-state index in [2.05, 4.69) is 14.8 Å². The van der Waals surface area contributed by atoms with Crippen LogP contribution in [0.25, 0.3) is 0 Å². The number of carbonyl (C=O) groups is 1. The molecule has 0 saturated heterocycles. The predicted octanol–water partition coefficient (Wildman–Crippen LogP) is 0.835. The molecular formula is C12H19N3O4S2. The number of esters is 1. The van der Waals surface area contributed by atoms with Crippen LogP contribution in [0.3, 0.4) is 0 Å². The van der Waals surface area contributed by atoms with E-state index in [1.165, 1.54) is 18.4 Å². The first-order valence-electron chi connectivity index (χ1n) is 6.57. The van der Waals surface area contributed by atoms with E-state index in [-0.39, 0.29) is 6.04 Å². The van der Waals surface area contributed by atoms with Crippen molar-refractivity contribution >= 4 is 32.5 Å². The number of nitrogens with one attached hydrogen (secondary N) is 3. The minimum Gasteiger partial charge on any atom is -0.465 e. The molecule has 0 aliphatic carbocycles. The third-order valence-electron chi connectivity index (χ3n) is 2.94. The molecule has 1 aliphatic heterocycles. The Hall–Kier alpha value is -1.16. The fourth-order valence-corrected chi connectivity index (χ4v) is 4.76. The normalized spacial score (nSPS) is 14.9. The van der Waals surface area contributed by atoms with Crippen molar-refractivity contribution in [3.63, 3.8) is 0 Å². The van der Waals surface area contributed by atoms with Gasteiger partial charge in [0.25, 0.3) is 10.2 Å². The second-order valence-corrected chi connectivity index (χ2v) is 7.56. The molecule has 0 radical (unpaired) electrons. The van der Waals surface area contributed by atoms with Crippen molar-refractivity contribution in [2.24, 2.45) is 0 Å². The molecule has 0 aromatic carbocycles. The SMILES string of the molecule is COC(=O)c1c(NS(=O)(=O)NC(C)C)sc2c1CCNC2. The van der Waals surface area contributed by atoms with Crippen molar-refractivity contribution in [2.75, 3.05) is 18.4 Å². The highest BCUT2D eigenvalue weighted by atomic mass is 32.2. The second kappa shape index (κ2) is 6.30. The molecule has 1 aliphatic rings. The molecule has 9 heteroatoms. The third-order valence-corrected chi connectivity index (χ3v) is 5.47. The van der Waals surface area contributed by atoms with Crippen LogP contribution in [0.4, 0.5) is 5.00 Å². The molecule has 7 nitrogen and oxygen atoms in total. The topological polar surface area (TPSA) is 96.5 Å². The maximum absolute atomic E-state index is 12.0. The predicted molar refractivity (Wildman–Crippen MR) is 81.9 cm³/mol. The highest BCUT2D eigenvalue weighted by Crippen LogP contribution is 2.36. The van der Waals surface area contributed by atoms with Crippen molar-refractivity contribution in [2.45, 2.75) is 32.9 Å². The van der Waals surface area contributed by atoms with Crippen LogP contribution in [0.15, 0.2) is 0 Å². The number of carbonyl (C=O) groups excluding carboxylic acids is 1. The maximum atomic E-state index is 12.0. The van der Waals surface area contributed by atoms with E-state index >= 15 is 0 Å². The lowest BCUT2D eigenvalue weighted by Crippen LogP contribution is -2.35. The zero-order valence-electron chi connectivity index (χ0n) is 12.1. The van der Waals surface area contributed by atoms with E-state index in [4.69, 9.17) is 4.74 Å². The molecule has 2 rings (SSSR count). The van der Waals surface area contributed by atoms with E-state index in [0.29, 0.717) is 23.5 Å². The van der Waals surface area contributed by atoms with Gasteiger partial charge in [0.15, 0.2) is 0 Å². The van der Waals surface area contributed by atoms with Gasteiger partial charge in [0.2, 0.25) is 0 Å². The molecule has 0 atom stereocenters. The van der Waals surface area contributed by atoms with Gasteiger partial charge < -0.3 is 10.1 Å². The standard InChI is InChI=1S/C12H19N3O4S2/c1-7(2)14-21(17,18)15-11-10(12(16)19-3)8-4-5-13-6-9(8)20-11/h7,13-15H,4-6H2,1-3H3. The summed E-state index contributed by atoms with van der Waals surface area (Å²) in [6.45, 7) is 4.83. The number of rotatable bonds is 5. The number of methoxy groups -OCH3 is 1. The molecule has 0 bridgehead atoms. The second-order valence-electron chi connectivity index (χ2n) is 5.00. The van der Waals surface area contributed by atoms with Gasteiger partial charge in [-0.3, -0.25) is 4.72 Å². The van der Waals surface area contributed by atoms with Gasteiger partial charge in [-0.25, -0.2) is 4.79 Å². The van der Waals surface area contributed by atoms with Crippen LogP contribution in [0.1, 0.15) is 34.6 Å². The minimum atomic E-state index is -3.72. The van der Waals surface area contributed by atoms with Gasteiger partial charge in [0, 0.05) is 17.5 Å². The van der Waals surface area contributed by atoms with Gasteiger partial charge in [0.05, 0.1) is 12.7 Å². The summed E-state index contributed by atoms with van der Waals surface area (Å²) in [6.07, 6.45) is 0.676. The van der Waals surface area contributed by atoms with Crippen LogP contribution in [0.5, 0.6) is 0 Å². The third kappa shape index (κ3) is 3.73. The van der Waals surface area contributed by atoms with E-state index in [0.717, 1.165) is 17.0 Å². The summed E-state index contributed by atoms with van der Waals surface area (Å²) in [4.78, 5) is 12.9. The van der Waals surface area contributed by atoms with Gasteiger partial charge in [-0.1, -0.05) is 0 Å². The van der Waals surface area contributed by atoms with E-state index in [9.17, 15) is 13.2 Å². The first-order chi connectivity index (χ1) is 9.84. The summed E-state index contributed by atoms with van der Waals surface area (Å²) in [5, 5.41) is 3.51. The van der Waals surface area contributed by atoms with Crippen LogP contribution in [0, 0.1) is 0 Å². The van der Waals surface area contributed by atoms with Crippen LogP contribution in [-0.4, -0.2) is 34.1 Å². The van der Waals surface area contributed by atoms with Crippen molar-refractivity contribution < 1.29 is 17.9 Å². The number of fused-ring (bicyclic) bond motifs is 1. The van der Waals surface area contributed by atoms with Gasteiger partial charge in [-0.15, -0.1) is 11.3 Å². The number of thiophene rings is 1. The van der Waals surface area contributed by atoms with E-state index < -0.39 is 16.2 Å². The average Bonchev–Trinajstić information content (AvgIpc) is 2.73. The Morgan fingerprint density at radius 3 is 2.76 bits per heavy atom. The molecule has 0 amide bonds. The van der Waals surface area contributed by atoms with E-state index in [1.807, 2.05) is 0 Å². The molecule has 21 heavy (non-hydrogen) atoms. The molecule has 1 aromatic rings. The number of hydrogen-bond acceptors (Lipinski definition) is 6. The Bertz CT molecular complexity index is 637. The van der Waals surface area contributed by atoms with Crippen LogP contribution in [0.2, 0.25) is 0 Å². The van der Waals surface area contributed by atoms with Crippen molar-refractivity contribution in [1.29, 1.82) is 0 Å². The van der Waals surface area contributed by atoms with Crippen LogP contribution in [-0.2, 0) is 27.9 Å². The summed E-state index contributed by atoms with van der Waals surface area (Å²) in [5.41, 5.74) is 1.20. The highest BCUT2D eigenvalue weighted by Gasteiger charge is 2.28. The molecule has 118 valence electrons. The number of anilines is 1. The highest BCUT2D eigenvalue weighted by molar-refractivity contribution is 7.91. The van der Waals surface area contributed by atoms with E-state index in [1.54, 1.807) is 13.8 Å². The summed E-state index contributed by atoms with van der Waals surface area (Å²) in [6, 6.07) is -0.236. The fraction of sp³-hybridized carbons (Fsp3) is 0.583. The quantitative estimate of drug-likeness (QED) is 0.694. The maximum Gasteiger partial charge on any atom is 0.341 e. The molecule has 2 heterocycles. The van der Waals surface area contributed by atoms with Crippen LogP contribution >= 0.6 is 11.3 Å². The Labute approximate surface area is 128 Å². The van der Waals surface area contributed by atoms with Gasteiger partial charge in [0.1, 0.15) is 5.00 Å². The summed E-state index contributed by atoms with van der Waals surface area (Å²) >= 11 is 1.27. The lowest BCUT2D eigenvalue weighted by atomic mass is 10.0. The molecule has 0 saturated carbocycles. The van der Waals surface area contributed by atoms with Gasteiger partial charge in [-0.05, 0) is 32.4 Å². The Kier molecular flexibility index (Phi) is 4.87. The molecule has 0 unspecified atom stereocenters. The van der Waals surface area contributed by atoms with Crippen molar-refractivity contribution in [1.82, 2.24) is 10.0 Å². The summed E-state index contributed by atoms with van der Waals surface area (Å²) in [7, 11) is -2.43. The summed E-state index contributed by atoms with van der Waals surface area (Å²) in [5.74, 6) is -0.517. The first kappa shape index (κ1) is 16.2.